The summed E-state index contributed by atoms with van der Waals surface area (Å²) in [4.78, 5) is 0. The summed E-state index contributed by atoms with van der Waals surface area (Å²) in [6.45, 7) is 2.30. The number of rotatable bonds is 5. The van der Waals surface area contributed by atoms with Crippen molar-refractivity contribution in [3.8, 4) is 0 Å². The summed E-state index contributed by atoms with van der Waals surface area (Å²) in [5.74, 6) is -0.214. The predicted octanol–water partition coefficient (Wildman–Crippen LogP) is 4.26. The van der Waals surface area contributed by atoms with Crippen molar-refractivity contribution >= 4 is 33.2 Å². The summed E-state index contributed by atoms with van der Waals surface area (Å²) < 4.78 is 26.3. The minimum atomic E-state index is -3.50. The second-order valence-electron chi connectivity index (χ2n) is 5.20. The van der Waals surface area contributed by atoms with Crippen LogP contribution in [0.25, 0.3) is 0 Å². The van der Waals surface area contributed by atoms with Crippen LogP contribution in [0.5, 0.6) is 0 Å². The molecule has 2 aromatic rings. The van der Waals surface area contributed by atoms with E-state index >= 15 is 0 Å². The van der Waals surface area contributed by atoms with Crippen LogP contribution in [0.4, 0.5) is 0 Å². The van der Waals surface area contributed by atoms with Crippen LogP contribution in [0.15, 0.2) is 42.5 Å². The number of hydrogen-bond donors (Lipinski definition) is 0. The molecule has 6 heteroatoms. The first-order valence-corrected chi connectivity index (χ1v) is 9.08. The van der Waals surface area contributed by atoms with Crippen molar-refractivity contribution in [2.24, 2.45) is 0 Å². The topological polar surface area (TPSA) is 37.4 Å². The molecule has 0 saturated carbocycles. The summed E-state index contributed by atoms with van der Waals surface area (Å²) in [6, 6.07) is 12.7. The fourth-order valence-corrected chi connectivity index (χ4v) is 3.94. The summed E-state index contributed by atoms with van der Waals surface area (Å²) in [5.41, 5.74) is 2.50. The molecule has 22 heavy (non-hydrogen) atoms. The lowest BCUT2D eigenvalue weighted by molar-refractivity contribution is 0.466. The van der Waals surface area contributed by atoms with Crippen LogP contribution in [0, 0.1) is 6.92 Å². The SMILES string of the molecule is Cc1ccc(CN(C)S(=O)(=O)Cc2c(Cl)cccc2Cl)cc1. The van der Waals surface area contributed by atoms with Crippen LogP contribution in [0.2, 0.25) is 10.0 Å². The third-order valence-corrected chi connectivity index (χ3v) is 5.83. The van der Waals surface area contributed by atoms with Crippen molar-refractivity contribution in [1.29, 1.82) is 0 Å². The van der Waals surface area contributed by atoms with Gasteiger partial charge in [-0.25, -0.2) is 12.7 Å². The van der Waals surface area contributed by atoms with Gasteiger partial charge < -0.3 is 0 Å². The molecule has 3 nitrogen and oxygen atoms in total. The number of aryl methyl sites for hydroxylation is 1. The van der Waals surface area contributed by atoms with Gasteiger partial charge in [0.05, 0.1) is 5.75 Å². The molecule has 0 N–H and O–H groups in total. The highest BCUT2D eigenvalue weighted by molar-refractivity contribution is 7.88. The van der Waals surface area contributed by atoms with Crippen molar-refractivity contribution in [2.45, 2.75) is 19.2 Å². The van der Waals surface area contributed by atoms with Gasteiger partial charge in [-0.1, -0.05) is 59.1 Å². The quantitative estimate of drug-likeness (QED) is 0.801. The minimum absolute atomic E-state index is 0.214. The minimum Gasteiger partial charge on any atom is -0.212 e. The highest BCUT2D eigenvalue weighted by Gasteiger charge is 2.21. The largest absolute Gasteiger partial charge is 0.218 e. The van der Waals surface area contributed by atoms with Crippen LogP contribution >= 0.6 is 23.2 Å². The van der Waals surface area contributed by atoms with E-state index in [1.807, 2.05) is 31.2 Å². The van der Waals surface area contributed by atoms with Crippen molar-refractivity contribution in [1.82, 2.24) is 4.31 Å². The first-order valence-electron chi connectivity index (χ1n) is 6.72. The average molecular weight is 358 g/mol. The van der Waals surface area contributed by atoms with Gasteiger partial charge in [0, 0.05) is 29.2 Å². The number of halogens is 2. The zero-order chi connectivity index (χ0) is 16.3. The van der Waals surface area contributed by atoms with Gasteiger partial charge in [0.15, 0.2) is 0 Å². The van der Waals surface area contributed by atoms with Crippen LogP contribution in [0.3, 0.4) is 0 Å². The zero-order valence-electron chi connectivity index (χ0n) is 12.4. The van der Waals surface area contributed by atoms with Gasteiger partial charge in [-0.05, 0) is 24.6 Å². The molecule has 0 bridgehead atoms. The van der Waals surface area contributed by atoms with Gasteiger partial charge in [0.1, 0.15) is 0 Å². The lowest BCUT2D eigenvalue weighted by Crippen LogP contribution is -2.28. The number of benzene rings is 2. The standard InChI is InChI=1S/C16H17Cl2NO2S/c1-12-6-8-13(9-7-12)10-19(2)22(20,21)11-14-15(17)4-3-5-16(14)18/h3-9H,10-11H2,1-2H3. The van der Waals surface area contributed by atoms with Crippen molar-refractivity contribution in [3.63, 3.8) is 0 Å². The van der Waals surface area contributed by atoms with Gasteiger partial charge in [-0.2, -0.15) is 0 Å². The molecule has 0 aliphatic rings. The van der Waals surface area contributed by atoms with E-state index in [0.29, 0.717) is 22.2 Å². The molecule has 0 amide bonds. The van der Waals surface area contributed by atoms with Crippen molar-refractivity contribution in [2.75, 3.05) is 7.05 Å². The molecule has 118 valence electrons. The Morgan fingerprint density at radius 3 is 2.09 bits per heavy atom. The monoisotopic (exact) mass is 357 g/mol. The van der Waals surface area contributed by atoms with E-state index in [2.05, 4.69) is 0 Å². The number of hydrogen-bond acceptors (Lipinski definition) is 2. The molecular weight excluding hydrogens is 341 g/mol. The van der Waals surface area contributed by atoms with Crippen LogP contribution in [0.1, 0.15) is 16.7 Å². The second kappa shape index (κ2) is 7.01. The summed E-state index contributed by atoms with van der Waals surface area (Å²) in [7, 11) is -1.95. The van der Waals surface area contributed by atoms with Gasteiger partial charge in [0.2, 0.25) is 10.0 Å². The summed E-state index contributed by atoms with van der Waals surface area (Å²) in [5, 5.41) is 0.722. The fraction of sp³-hybridized carbons (Fsp3) is 0.250. The molecule has 0 atom stereocenters. The first kappa shape index (κ1) is 17.3. The van der Waals surface area contributed by atoms with Crippen LogP contribution in [-0.4, -0.2) is 19.8 Å². The molecule has 2 rings (SSSR count). The Morgan fingerprint density at radius 1 is 1.00 bits per heavy atom. The molecule has 0 aromatic heterocycles. The number of nitrogens with zero attached hydrogens (tertiary/aromatic N) is 1. The van der Waals surface area contributed by atoms with E-state index in [4.69, 9.17) is 23.2 Å². The molecule has 0 radical (unpaired) electrons. The lowest BCUT2D eigenvalue weighted by Gasteiger charge is -2.18. The molecule has 2 aromatic carbocycles. The highest BCUT2D eigenvalue weighted by Crippen LogP contribution is 2.27. The molecule has 0 aliphatic carbocycles. The summed E-state index contributed by atoms with van der Waals surface area (Å²) in [6.07, 6.45) is 0. The van der Waals surface area contributed by atoms with E-state index in [1.54, 1.807) is 25.2 Å². The zero-order valence-corrected chi connectivity index (χ0v) is 14.7. The third-order valence-electron chi connectivity index (χ3n) is 3.39. The Hall–Kier alpha value is -1.07. The maximum absolute atomic E-state index is 12.5. The molecule has 0 unspecified atom stereocenters. The maximum atomic E-state index is 12.5. The Balaban J connectivity index is 2.17. The Bertz CT molecular complexity index is 738. The molecule has 0 heterocycles. The van der Waals surface area contributed by atoms with Gasteiger partial charge in [-0.3, -0.25) is 0 Å². The Kier molecular flexibility index (Phi) is 5.50. The maximum Gasteiger partial charge on any atom is 0.218 e. The Morgan fingerprint density at radius 2 is 1.55 bits per heavy atom. The summed E-state index contributed by atoms with van der Waals surface area (Å²) >= 11 is 12.1. The lowest BCUT2D eigenvalue weighted by atomic mass is 10.1. The van der Waals surface area contributed by atoms with E-state index < -0.39 is 10.0 Å². The van der Waals surface area contributed by atoms with E-state index in [0.717, 1.165) is 11.1 Å². The van der Waals surface area contributed by atoms with E-state index in [-0.39, 0.29) is 5.75 Å². The first-order chi connectivity index (χ1) is 10.3. The van der Waals surface area contributed by atoms with Gasteiger partial charge in [0.25, 0.3) is 0 Å². The van der Waals surface area contributed by atoms with Gasteiger partial charge >= 0.3 is 0 Å². The van der Waals surface area contributed by atoms with E-state index in [9.17, 15) is 8.42 Å². The molecule has 0 fully saturated rings. The fourth-order valence-electron chi connectivity index (χ4n) is 2.01. The van der Waals surface area contributed by atoms with Crippen molar-refractivity contribution < 1.29 is 8.42 Å². The Labute approximate surface area is 141 Å². The average Bonchev–Trinajstić information content (AvgIpc) is 2.45. The van der Waals surface area contributed by atoms with Gasteiger partial charge in [-0.15, -0.1) is 0 Å². The molecular formula is C16H17Cl2NO2S. The number of sulfonamides is 1. The van der Waals surface area contributed by atoms with Crippen LogP contribution < -0.4 is 0 Å². The van der Waals surface area contributed by atoms with Crippen molar-refractivity contribution in [3.05, 3.63) is 69.2 Å². The van der Waals surface area contributed by atoms with Crippen LogP contribution in [-0.2, 0) is 22.3 Å². The molecule has 0 saturated heterocycles. The highest BCUT2D eigenvalue weighted by atomic mass is 35.5. The molecule has 0 spiro atoms. The third kappa shape index (κ3) is 4.23. The normalized spacial score (nSPS) is 11.9. The molecule has 0 aliphatic heterocycles. The smallest absolute Gasteiger partial charge is 0.212 e. The predicted molar refractivity (Wildman–Crippen MR) is 91.7 cm³/mol. The second-order valence-corrected chi connectivity index (χ2v) is 8.09. The van der Waals surface area contributed by atoms with E-state index in [1.165, 1.54) is 4.31 Å².